The van der Waals surface area contributed by atoms with Gasteiger partial charge in [0.15, 0.2) is 14.1 Å². The van der Waals surface area contributed by atoms with Crippen LogP contribution in [0.5, 0.6) is 0 Å². The predicted octanol–water partition coefficient (Wildman–Crippen LogP) is 6.94. The van der Waals surface area contributed by atoms with Gasteiger partial charge in [0.1, 0.15) is 0 Å². The second kappa shape index (κ2) is 11.1. The van der Waals surface area contributed by atoms with Gasteiger partial charge in [-0.25, -0.2) is 0 Å². The molecule has 0 saturated carbocycles. The van der Waals surface area contributed by atoms with E-state index >= 15 is 0 Å². The van der Waals surface area contributed by atoms with Crippen LogP contribution in [0, 0.1) is 11.8 Å². The fourth-order valence-electron chi connectivity index (χ4n) is 5.05. The maximum Gasteiger partial charge on any atom is 0.200 e. The molecule has 4 heteroatoms. The Morgan fingerprint density at radius 2 is 1.44 bits per heavy atom. The molecule has 1 saturated heterocycles. The zero-order valence-electron chi connectivity index (χ0n) is 19.3. The number of allylic oxidation sites excluding steroid dienone is 1. The first-order valence-corrected chi connectivity index (χ1v) is 13.3. The van der Waals surface area contributed by atoms with E-state index in [1.165, 1.54) is 0 Å². The molecule has 0 amide bonds. The van der Waals surface area contributed by atoms with Gasteiger partial charge in [-0.3, -0.25) is 0 Å². The SMILES string of the molecule is C=CCC[C@@H](C)C1(CC[C@H](C)CO[Si](C(C)C)(C(C)C)C(C)C)OCCO1. The molecule has 0 spiro atoms. The van der Waals surface area contributed by atoms with Gasteiger partial charge in [0.2, 0.25) is 0 Å². The van der Waals surface area contributed by atoms with Crippen LogP contribution in [-0.4, -0.2) is 33.9 Å². The third-order valence-corrected chi connectivity index (χ3v) is 12.7. The lowest BCUT2D eigenvalue weighted by Crippen LogP contribution is -2.48. The lowest BCUT2D eigenvalue weighted by molar-refractivity contribution is -0.199. The average molecular weight is 399 g/mol. The molecule has 27 heavy (non-hydrogen) atoms. The van der Waals surface area contributed by atoms with Crippen LogP contribution < -0.4 is 0 Å². The highest BCUT2D eigenvalue weighted by atomic mass is 28.4. The highest BCUT2D eigenvalue weighted by molar-refractivity contribution is 6.77. The zero-order valence-corrected chi connectivity index (χ0v) is 20.3. The molecule has 1 aliphatic heterocycles. The van der Waals surface area contributed by atoms with Crippen molar-refractivity contribution in [2.45, 2.75) is 103 Å². The molecule has 1 rings (SSSR count). The largest absolute Gasteiger partial charge is 0.416 e. The summed E-state index contributed by atoms with van der Waals surface area (Å²) >= 11 is 0. The Kier molecular flexibility index (Phi) is 10.3. The van der Waals surface area contributed by atoms with E-state index in [4.69, 9.17) is 13.9 Å². The van der Waals surface area contributed by atoms with E-state index in [0.717, 1.165) is 32.3 Å². The molecule has 160 valence electrons. The number of rotatable bonds is 13. The summed E-state index contributed by atoms with van der Waals surface area (Å²) in [5.41, 5.74) is 1.91. The van der Waals surface area contributed by atoms with Crippen LogP contribution >= 0.6 is 0 Å². The molecule has 0 aromatic heterocycles. The summed E-state index contributed by atoms with van der Waals surface area (Å²) in [5, 5.41) is 0. The maximum atomic E-state index is 6.79. The van der Waals surface area contributed by atoms with E-state index in [2.05, 4.69) is 62.0 Å². The van der Waals surface area contributed by atoms with E-state index in [1.54, 1.807) is 0 Å². The van der Waals surface area contributed by atoms with Crippen molar-refractivity contribution in [2.24, 2.45) is 11.8 Å². The van der Waals surface area contributed by atoms with Gasteiger partial charge >= 0.3 is 0 Å². The molecule has 0 N–H and O–H groups in total. The van der Waals surface area contributed by atoms with Crippen LogP contribution in [0.3, 0.4) is 0 Å². The van der Waals surface area contributed by atoms with Gasteiger partial charge in [-0.05, 0) is 41.8 Å². The Morgan fingerprint density at radius 3 is 1.89 bits per heavy atom. The first kappa shape index (κ1) is 24.9. The standard InChI is InChI=1S/C23H46O3Si/c1-10-11-12-22(9)23(24-15-16-25-23)14-13-21(8)17-26-27(18(2)3,19(4)5)20(6)7/h10,18-22H,1,11-17H2,2-9H3/t21-,22+/m0/s1. The number of hydrogen-bond donors (Lipinski definition) is 0. The lowest BCUT2D eigenvalue weighted by atomic mass is 9.89. The van der Waals surface area contributed by atoms with E-state index in [0.29, 0.717) is 41.7 Å². The first-order chi connectivity index (χ1) is 12.6. The molecule has 1 aliphatic rings. The molecule has 0 unspecified atom stereocenters. The Morgan fingerprint density at radius 1 is 0.926 bits per heavy atom. The van der Waals surface area contributed by atoms with Gasteiger partial charge in [-0.2, -0.15) is 0 Å². The van der Waals surface area contributed by atoms with Crippen molar-refractivity contribution >= 4 is 8.32 Å². The second-order valence-electron chi connectivity index (χ2n) is 9.55. The van der Waals surface area contributed by atoms with Gasteiger partial charge in [-0.1, -0.05) is 61.5 Å². The van der Waals surface area contributed by atoms with Crippen molar-refractivity contribution in [1.29, 1.82) is 0 Å². The van der Waals surface area contributed by atoms with Crippen molar-refractivity contribution in [3.8, 4) is 0 Å². The fraction of sp³-hybridized carbons (Fsp3) is 0.913. The van der Waals surface area contributed by atoms with Crippen molar-refractivity contribution in [3.63, 3.8) is 0 Å². The molecule has 0 bridgehead atoms. The molecular formula is C23H46O3Si. The number of hydrogen-bond acceptors (Lipinski definition) is 3. The summed E-state index contributed by atoms with van der Waals surface area (Å²) in [6.45, 7) is 24.8. The Bertz CT molecular complexity index is 406. The average Bonchev–Trinajstić information content (AvgIpc) is 3.07. The zero-order chi connectivity index (χ0) is 20.7. The summed E-state index contributed by atoms with van der Waals surface area (Å²) in [6, 6.07) is 0. The molecular weight excluding hydrogens is 352 g/mol. The third-order valence-electron chi connectivity index (χ3n) is 6.64. The number of ether oxygens (including phenoxy) is 2. The normalized spacial score (nSPS) is 19.8. The van der Waals surface area contributed by atoms with E-state index in [-0.39, 0.29) is 0 Å². The maximum absolute atomic E-state index is 6.79. The Labute approximate surface area is 170 Å². The monoisotopic (exact) mass is 398 g/mol. The molecule has 3 nitrogen and oxygen atoms in total. The van der Waals surface area contributed by atoms with Crippen molar-refractivity contribution in [3.05, 3.63) is 12.7 Å². The van der Waals surface area contributed by atoms with Gasteiger partial charge in [0.05, 0.1) is 13.2 Å². The minimum Gasteiger partial charge on any atom is -0.416 e. The second-order valence-corrected chi connectivity index (χ2v) is 15.0. The topological polar surface area (TPSA) is 27.7 Å². The van der Waals surface area contributed by atoms with Crippen molar-refractivity contribution in [1.82, 2.24) is 0 Å². The van der Waals surface area contributed by atoms with Crippen LogP contribution in [0.4, 0.5) is 0 Å². The smallest absolute Gasteiger partial charge is 0.200 e. The molecule has 0 aromatic rings. The predicted molar refractivity (Wildman–Crippen MR) is 119 cm³/mol. The van der Waals surface area contributed by atoms with Crippen LogP contribution in [-0.2, 0) is 13.9 Å². The van der Waals surface area contributed by atoms with Crippen molar-refractivity contribution in [2.75, 3.05) is 19.8 Å². The van der Waals surface area contributed by atoms with Crippen LogP contribution in [0.15, 0.2) is 12.7 Å². The summed E-state index contributed by atoms with van der Waals surface area (Å²) in [4.78, 5) is 0. The van der Waals surface area contributed by atoms with E-state index < -0.39 is 14.1 Å². The molecule has 0 aromatic carbocycles. The third kappa shape index (κ3) is 6.16. The minimum absolute atomic E-state index is 0.390. The quantitative estimate of drug-likeness (QED) is 0.248. The molecule has 0 radical (unpaired) electrons. The first-order valence-electron chi connectivity index (χ1n) is 11.1. The lowest BCUT2D eigenvalue weighted by Gasteiger charge is -2.43. The summed E-state index contributed by atoms with van der Waals surface area (Å²) in [5.74, 6) is 0.505. The Hall–Kier alpha value is -0.163. The van der Waals surface area contributed by atoms with Crippen LogP contribution in [0.2, 0.25) is 16.6 Å². The summed E-state index contributed by atoms with van der Waals surface area (Å²) in [6.07, 6.45) is 6.11. The highest BCUT2D eigenvalue weighted by Crippen LogP contribution is 2.43. The Balaban J connectivity index is 2.66. The van der Waals surface area contributed by atoms with Crippen LogP contribution in [0.1, 0.15) is 81.1 Å². The van der Waals surface area contributed by atoms with Crippen molar-refractivity contribution < 1.29 is 13.9 Å². The molecule has 2 atom stereocenters. The molecule has 1 heterocycles. The van der Waals surface area contributed by atoms with Gasteiger partial charge < -0.3 is 13.9 Å². The van der Waals surface area contributed by atoms with Crippen LogP contribution in [0.25, 0.3) is 0 Å². The highest BCUT2D eigenvalue weighted by Gasteiger charge is 2.45. The van der Waals surface area contributed by atoms with Gasteiger partial charge in [0.25, 0.3) is 0 Å². The minimum atomic E-state index is -1.78. The van der Waals surface area contributed by atoms with E-state index in [9.17, 15) is 0 Å². The molecule has 0 aliphatic carbocycles. The summed E-state index contributed by atoms with van der Waals surface area (Å²) in [7, 11) is -1.78. The fourth-order valence-corrected chi connectivity index (χ4v) is 10.6. The van der Waals surface area contributed by atoms with Gasteiger partial charge in [0, 0.05) is 18.9 Å². The van der Waals surface area contributed by atoms with Gasteiger partial charge in [-0.15, -0.1) is 6.58 Å². The summed E-state index contributed by atoms with van der Waals surface area (Å²) < 4.78 is 19.0. The molecule has 1 fully saturated rings. The van der Waals surface area contributed by atoms with E-state index in [1.807, 2.05) is 6.08 Å².